The summed E-state index contributed by atoms with van der Waals surface area (Å²) in [6.07, 6.45) is 6.84. The first kappa shape index (κ1) is 15.2. The minimum Gasteiger partial charge on any atom is -0.0654 e. The van der Waals surface area contributed by atoms with Crippen molar-refractivity contribution in [2.24, 2.45) is 0 Å². The zero-order valence-corrected chi connectivity index (χ0v) is 12.5. The van der Waals surface area contributed by atoms with Gasteiger partial charge >= 0.3 is 0 Å². The first-order chi connectivity index (χ1) is 6.84. The Bertz CT molecular complexity index is 230. The maximum Gasteiger partial charge on any atom is 0 e. The Morgan fingerprint density at radius 1 is 1.00 bits per heavy atom. The van der Waals surface area contributed by atoms with Crippen LogP contribution in [0.2, 0.25) is 0 Å². The van der Waals surface area contributed by atoms with Crippen LogP contribution in [-0.2, 0) is 0 Å². The molecule has 1 unspecified atom stereocenters. The van der Waals surface area contributed by atoms with Crippen molar-refractivity contribution in [1.29, 1.82) is 0 Å². The second-order valence-corrected chi connectivity index (χ2v) is 4.16. The van der Waals surface area contributed by atoms with Crippen LogP contribution in [0.25, 0.3) is 0 Å². The summed E-state index contributed by atoms with van der Waals surface area (Å²) < 4.78 is 0. The van der Waals surface area contributed by atoms with Crippen LogP contribution in [0.5, 0.6) is 0 Å². The van der Waals surface area contributed by atoms with Crippen molar-refractivity contribution < 1.29 is 0 Å². The SMILES string of the molecule is CCCCCCC(C)c1ccccc1.[Na]. The van der Waals surface area contributed by atoms with E-state index in [-0.39, 0.29) is 29.6 Å². The van der Waals surface area contributed by atoms with Crippen LogP contribution >= 0.6 is 0 Å². The summed E-state index contributed by atoms with van der Waals surface area (Å²) in [5, 5.41) is 0. The van der Waals surface area contributed by atoms with Crippen molar-refractivity contribution in [3.63, 3.8) is 0 Å². The van der Waals surface area contributed by atoms with E-state index in [0.717, 1.165) is 5.92 Å². The first-order valence-corrected chi connectivity index (χ1v) is 5.89. The van der Waals surface area contributed by atoms with Crippen LogP contribution in [0.4, 0.5) is 0 Å². The van der Waals surface area contributed by atoms with Gasteiger partial charge in [0.2, 0.25) is 0 Å². The van der Waals surface area contributed by atoms with Gasteiger partial charge in [-0.25, -0.2) is 0 Å². The standard InChI is InChI=1S/C14H22.Na/c1-3-4-5-7-10-13(2)14-11-8-6-9-12-14;/h6,8-9,11-13H,3-5,7,10H2,1-2H3;. The Morgan fingerprint density at radius 3 is 2.27 bits per heavy atom. The molecule has 0 saturated heterocycles. The Hall–Kier alpha value is 0.220. The largest absolute Gasteiger partial charge is 0.0654 e. The van der Waals surface area contributed by atoms with E-state index in [9.17, 15) is 0 Å². The van der Waals surface area contributed by atoms with E-state index in [0.29, 0.717) is 0 Å². The summed E-state index contributed by atoms with van der Waals surface area (Å²) in [7, 11) is 0. The quantitative estimate of drug-likeness (QED) is 0.486. The van der Waals surface area contributed by atoms with Crippen molar-refractivity contribution in [1.82, 2.24) is 0 Å². The number of benzene rings is 1. The maximum atomic E-state index is 2.33. The molecule has 0 amide bonds. The third-order valence-electron chi connectivity index (χ3n) is 2.86. The molecule has 0 aliphatic rings. The number of unbranched alkanes of at least 4 members (excludes halogenated alkanes) is 3. The summed E-state index contributed by atoms with van der Waals surface area (Å²) in [4.78, 5) is 0. The molecular weight excluding hydrogens is 191 g/mol. The minimum absolute atomic E-state index is 0. The van der Waals surface area contributed by atoms with Crippen molar-refractivity contribution in [3.05, 3.63) is 35.9 Å². The Balaban J connectivity index is 0.00000196. The molecule has 1 rings (SSSR count). The third-order valence-corrected chi connectivity index (χ3v) is 2.86. The van der Waals surface area contributed by atoms with E-state index < -0.39 is 0 Å². The van der Waals surface area contributed by atoms with E-state index in [1.807, 2.05) is 0 Å². The van der Waals surface area contributed by atoms with Gasteiger partial charge in [0.25, 0.3) is 0 Å². The summed E-state index contributed by atoms with van der Waals surface area (Å²) in [5.74, 6) is 0.730. The molecule has 0 spiro atoms. The number of hydrogen-bond acceptors (Lipinski definition) is 0. The van der Waals surface area contributed by atoms with Crippen LogP contribution in [0.15, 0.2) is 30.3 Å². The normalized spacial score (nSPS) is 11.9. The molecular formula is C14H22Na. The van der Waals surface area contributed by atoms with Gasteiger partial charge in [0.15, 0.2) is 0 Å². The topological polar surface area (TPSA) is 0 Å². The van der Waals surface area contributed by atoms with Gasteiger partial charge in [-0.2, -0.15) is 0 Å². The van der Waals surface area contributed by atoms with Gasteiger partial charge in [-0.3, -0.25) is 0 Å². The molecule has 0 aliphatic heterocycles. The van der Waals surface area contributed by atoms with E-state index in [2.05, 4.69) is 44.2 Å². The molecule has 0 fully saturated rings. The van der Waals surface area contributed by atoms with Crippen LogP contribution in [0, 0.1) is 0 Å². The molecule has 0 heterocycles. The molecule has 0 nitrogen and oxygen atoms in total. The molecule has 0 aliphatic carbocycles. The molecule has 1 radical (unpaired) electrons. The number of hydrogen-bond donors (Lipinski definition) is 0. The summed E-state index contributed by atoms with van der Waals surface area (Å²) >= 11 is 0. The van der Waals surface area contributed by atoms with Crippen LogP contribution in [-0.4, -0.2) is 29.6 Å². The summed E-state index contributed by atoms with van der Waals surface area (Å²) in [5.41, 5.74) is 1.49. The molecule has 0 bridgehead atoms. The molecule has 0 aromatic heterocycles. The molecule has 15 heavy (non-hydrogen) atoms. The average Bonchev–Trinajstić information content (AvgIpc) is 2.25. The first-order valence-electron chi connectivity index (χ1n) is 5.89. The van der Waals surface area contributed by atoms with Crippen LogP contribution in [0.3, 0.4) is 0 Å². The fraction of sp³-hybridized carbons (Fsp3) is 0.571. The van der Waals surface area contributed by atoms with Crippen molar-refractivity contribution >= 4 is 29.6 Å². The second-order valence-electron chi connectivity index (χ2n) is 4.16. The number of rotatable bonds is 6. The zero-order valence-electron chi connectivity index (χ0n) is 10.5. The van der Waals surface area contributed by atoms with Gasteiger partial charge in [-0.1, -0.05) is 69.9 Å². The van der Waals surface area contributed by atoms with E-state index in [1.165, 1.54) is 37.7 Å². The molecule has 1 aromatic carbocycles. The van der Waals surface area contributed by atoms with E-state index in [1.54, 1.807) is 0 Å². The van der Waals surface area contributed by atoms with Crippen molar-refractivity contribution in [3.8, 4) is 0 Å². The average molecular weight is 213 g/mol. The fourth-order valence-electron chi connectivity index (χ4n) is 1.83. The molecule has 1 heteroatoms. The third kappa shape index (κ3) is 6.40. The predicted molar refractivity (Wildman–Crippen MR) is 69.4 cm³/mol. The van der Waals surface area contributed by atoms with Crippen LogP contribution < -0.4 is 0 Å². The minimum atomic E-state index is 0. The van der Waals surface area contributed by atoms with E-state index in [4.69, 9.17) is 0 Å². The predicted octanol–water partition coefficient (Wildman–Crippen LogP) is 4.38. The second kappa shape index (κ2) is 9.45. The monoisotopic (exact) mass is 213 g/mol. The van der Waals surface area contributed by atoms with Gasteiger partial charge in [0, 0.05) is 29.6 Å². The molecule has 1 aromatic rings. The molecule has 1 atom stereocenters. The van der Waals surface area contributed by atoms with Gasteiger partial charge in [-0.15, -0.1) is 0 Å². The Labute approximate surface area is 117 Å². The van der Waals surface area contributed by atoms with Crippen molar-refractivity contribution in [2.75, 3.05) is 0 Å². The molecule has 0 saturated carbocycles. The van der Waals surface area contributed by atoms with Crippen molar-refractivity contribution in [2.45, 2.75) is 51.9 Å². The van der Waals surface area contributed by atoms with Gasteiger partial charge in [0.1, 0.15) is 0 Å². The smallest absolute Gasteiger partial charge is 0 e. The molecule has 79 valence electrons. The van der Waals surface area contributed by atoms with Gasteiger partial charge < -0.3 is 0 Å². The van der Waals surface area contributed by atoms with Crippen LogP contribution in [0.1, 0.15) is 57.4 Å². The van der Waals surface area contributed by atoms with Gasteiger partial charge in [0.05, 0.1) is 0 Å². The summed E-state index contributed by atoms with van der Waals surface area (Å²) in [6.45, 7) is 4.60. The fourth-order valence-corrected chi connectivity index (χ4v) is 1.83. The maximum absolute atomic E-state index is 2.33. The summed E-state index contributed by atoms with van der Waals surface area (Å²) in [6, 6.07) is 10.8. The Kier molecular flexibility index (Phi) is 9.58. The van der Waals surface area contributed by atoms with E-state index >= 15 is 0 Å². The Morgan fingerprint density at radius 2 is 1.67 bits per heavy atom. The van der Waals surface area contributed by atoms with Gasteiger partial charge in [-0.05, 0) is 17.9 Å². The molecule has 0 N–H and O–H groups in total. The zero-order chi connectivity index (χ0) is 10.2.